The monoisotopic (exact) mass is 398 g/mol. The molecule has 2 aromatic rings. The largest absolute Gasteiger partial charge is 0.507 e. The lowest BCUT2D eigenvalue weighted by Gasteiger charge is -2.24. The van der Waals surface area contributed by atoms with Gasteiger partial charge in [0.25, 0.3) is 5.91 Å². The smallest absolute Gasteiger partial charge is 0.255 e. The summed E-state index contributed by atoms with van der Waals surface area (Å²) in [6.45, 7) is 4.36. The number of benzene rings is 1. The molecule has 1 unspecified atom stereocenters. The van der Waals surface area contributed by atoms with E-state index < -0.39 is 0 Å². The molecule has 0 fully saturated rings. The molecule has 0 radical (unpaired) electrons. The van der Waals surface area contributed by atoms with Crippen LogP contribution in [0.15, 0.2) is 34.7 Å². The number of rotatable bonds is 8. The van der Waals surface area contributed by atoms with Crippen molar-refractivity contribution in [2.45, 2.75) is 71.3 Å². The molecule has 0 saturated heterocycles. The van der Waals surface area contributed by atoms with Gasteiger partial charge in [0.1, 0.15) is 17.3 Å². The number of oxazole rings is 1. The Kier molecular flexibility index (Phi) is 6.96. The lowest BCUT2D eigenvalue weighted by atomic mass is 9.83. The molecule has 1 heterocycles. The minimum Gasteiger partial charge on any atom is -0.507 e. The zero-order valence-electron chi connectivity index (χ0n) is 17.2. The molecule has 6 heteroatoms. The molecule has 6 nitrogen and oxygen atoms in total. The third-order valence-electron chi connectivity index (χ3n) is 5.53. The lowest BCUT2D eigenvalue weighted by molar-refractivity contribution is 0.0944. The van der Waals surface area contributed by atoms with Crippen LogP contribution >= 0.6 is 0 Å². The molecule has 1 amide bonds. The highest BCUT2D eigenvalue weighted by Gasteiger charge is 2.27. The van der Waals surface area contributed by atoms with Crippen LogP contribution in [0.2, 0.25) is 0 Å². The van der Waals surface area contributed by atoms with Crippen molar-refractivity contribution >= 4 is 5.91 Å². The summed E-state index contributed by atoms with van der Waals surface area (Å²) in [5, 5.41) is 24.6. The number of allylic oxidation sites excluding steroid dienone is 2. The number of hydrogen-bond acceptors (Lipinski definition) is 5. The minimum absolute atomic E-state index is 0.0664. The summed E-state index contributed by atoms with van der Waals surface area (Å²) in [4.78, 5) is 16.8. The Morgan fingerprint density at radius 1 is 1.34 bits per heavy atom. The molecule has 1 aromatic carbocycles. The van der Waals surface area contributed by atoms with Gasteiger partial charge in [-0.25, -0.2) is 4.98 Å². The summed E-state index contributed by atoms with van der Waals surface area (Å²) in [7, 11) is 0. The van der Waals surface area contributed by atoms with Crippen molar-refractivity contribution in [1.82, 2.24) is 10.3 Å². The molecule has 0 spiro atoms. The van der Waals surface area contributed by atoms with Gasteiger partial charge in [-0.3, -0.25) is 4.79 Å². The minimum atomic E-state index is -0.372. The average Bonchev–Trinajstić information content (AvgIpc) is 3.20. The van der Waals surface area contributed by atoms with E-state index in [1.54, 1.807) is 12.3 Å². The van der Waals surface area contributed by atoms with Crippen LogP contribution < -0.4 is 5.32 Å². The molecule has 3 rings (SSSR count). The van der Waals surface area contributed by atoms with Crippen molar-refractivity contribution < 1.29 is 19.4 Å². The van der Waals surface area contributed by atoms with E-state index in [0.29, 0.717) is 23.3 Å². The first-order chi connectivity index (χ1) is 14.0. The summed E-state index contributed by atoms with van der Waals surface area (Å²) in [5.41, 5.74) is 2.62. The molecular weight excluding hydrogens is 368 g/mol. The van der Waals surface area contributed by atoms with E-state index in [-0.39, 0.29) is 35.4 Å². The first-order valence-electron chi connectivity index (χ1n) is 10.4. The fourth-order valence-corrected chi connectivity index (χ4v) is 4.03. The number of aromatic nitrogens is 1. The van der Waals surface area contributed by atoms with E-state index >= 15 is 0 Å². The SMILES string of the molecule is CCCCCc1cc(O)c(C2C=C(C)CCC2)c(O)c1C(=O)NCc1cnco1. The Balaban J connectivity index is 1.95. The highest BCUT2D eigenvalue weighted by atomic mass is 16.3. The van der Waals surface area contributed by atoms with E-state index in [0.717, 1.165) is 38.5 Å². The summed E-state index contributed by atoms with van der Waals surface area (Å²) < 4.78 is 5.17. The maximum absolute atomic E-state index is 13.0. The summed E-state index contributed by atoms with van der Waals surface area (Å²) >= 11 is 0. The third kappa shape index (κ3) is 5.00. The zero-order valence-corrected chi connectivity index (χ0v) is 17.2. The maximum atomic E-state index is 13.0. The van der Waals surface area contributed by atoms with Crippen LogP contribution in [0, 0.1) is 0 Å². The molecule has 1 aliphatic carbocycles. The second-order valence-electron chi connectivity index (χ2n) is 7.81. The van der Waals surface area contributed by atoms with E-state index in [1.165, 1.54) is 12.0 Å². The number of nitrogens with one attached hydrogen (secondary N) is 1. The van der Waals surface area contributed by atoms with Crippen molar-refractivity contribution in [3.05, 3.63) is 52.8 Å². The average molecular weight is 399 g/mol. The van der Waals surface area contributed by atoms with Gasteiger partial charge in [-0.2, -0.15) is 0 Å². The number of aryl methyl sites for hydroxylation is 1. The Morgan fingerprint density at radius 3 is 2.86 bits per heavy atom. The second-order valence-corrected chi connectivity index (χ2v) is 7.81. The quantitative estimate of drug-likeness (QED) is 0.431. The molecule has 0 saturated carbocycles. The summed E-state index contributed by atoms with van der Waals surface area (Å²) in [5.74, 6) is 0.0342. The van der Waals surface area contributed by atoms with Crippen LogP contribution in [-0.2, 0) is 13.0 Å². The molecule has 1 aromatic heterocycles. The third-order valence-corrected chi connectivity index (χ3v) is 5.53. The molecule has 0 bridgehead atoms. The van der Waals surface area contributed by atoms with Gasteiger partial charge < -0.3 is 19.9 Å². The summed E-state index contributed by atoms with van der Waals surface area (Å²) in [6.07, 6.45) is 11.4. The topological polar surface area (TPSA) is 95.6 Å². The first kappa shape index (κ1) is 21.0. The molecule has 3 N–H and O–H groups in total. The molecule has 1 aliphatic rings. The van der Waals surface area contributed by atoms with Crippen molar-refractivity contribution in [2.75, 3.05) is 0 Å². The number of carbonyl (C=O) groups is 1. The van der Waals surface area contributed by atoms with Crippen LogP contribution in [0.4, 0.5) is 0 Å². The fourth-order valence-electron chi connectivity index (χ4n) is 4.03. The molecule has 1 atom stereocenters. The van der Waals surface area contributed by atoms with Crippen LogP contribution in [0.1, 0.15) is 85.5 Å². The van der Waals surface area contributed by atoms with Gasteiger partial charge in [0.15, 0.2) is 6.39 Å². The van der Waals surface area contributed by atoms with Crippen LogP contribution in [-0.4, -0.2) is 21.1 Å². The Bertz CT molecular complexity index is 871. The van der Waals surface area contributed by atoms with Crippen LogP contribution in [0.3, 0.4) is 0 Å². The Morgan fingerprint density at radius 2 is 2.17 bits per heavy atom. The van der Waals surface area contributed by atoms with Gasteiger partial charge in [-0.1, -0.05) is 31.4 Å². The highest BCUT2D eigenvalue weighted by molar-refractivity contribution is 5.99. The molecule has 156 valence electrons. The fraction of sp³-hybridized carbons (Fsp3) is 0.478. The predicted molar refractivity (Wildman–Crippen MR) is 111 cm³/mol. The number of unbranched alkanes of at least 4 members (excludes halogenated alkanes) is 2. The van der Waals surface area contributed by atoms with Crippen molar-refractivity contribution in [1.29, 1.82) is 0 Å². The Labute approximate surface area is 171 Å². The second kappa shape index (κ2) is 9.63. The van der Waals surface area contributed by atoms with Gasteiger partial charge in [0.05, 0.1) is 18.3 Å². The van der Waals surface area contributed by atoms with Gasteiger partial charge in [-0.15, -0.1) is 0 Å². The van der Waals surface area contributed by atoms with Crippen molar-refractivity contribution in [3.8, 4) is 11.5 Å². The van der Waals surface area contributed by atoms with E-state index in [2.05, 4.69) is 30.2 Å². The van der Waals surface area contributed by atoms with Gasteiger partial charge in [0, 0.05) is 11.5 Å². The first-order valence-corrected chi connectivity index (χ1v) is 10.4. The number of hydrogen-bond donors (Lipinski definition) is 3. The number of carbonyl (C=O) groups excluding carboxylic acids is 1. The summed E-state index contributed by atoms with van der Waals surface area (Å²) in [6, 6.07) is 1.66. The van der Waals surface area contributed by atoms with Gasteiger partial charge in [-0.05, 0) is 50.7 Å². The van der Waals surface area contributed by atoms with Gasteiger partial charge in [0.2, 0.25) is 0 Å². The lowest BCUT2D eigenvalue weighted by Crippen LogP contribution is -2.24. The highest BCUT2D eigenvalue weighted by Crippen LogP contribution is 2.44. The maximum Gasteiger partial charge on any atom is 0.255 e. The van der Waals surface area contributed by atoms with Crippen molar-refractivity contribution in [2.24, 2.45) is 0 Å². The van der Waals surface area contributed by atoms with Crippen LogP contribution in [0.5, 0.6) is 11.5 Å². The Hall–Kier alpha value is -2.76. The number of nitrogens with zero attached hydrogens (tertiary/aromatic N) is 1. The van der Waals surface area contributed by atoms with Crippen molar-refractivity contribution in [3.63, 3.8) is 0 Å². The van der Waals surface area contributed by atoms with Gasteiger partial charge >= 0.3 is 0 Å². The number of amides is 1. The molecule has 0 aliphatic heterocycles. The normalized spacial score (nSPS) is 16.5. The number of phenolic OH excluding ortho intramolecular Hbond substituents is 2. The van der Waals surface area contributed by atoms with E-state index in [4.69, 9.17) is 4.42 Å². The standard InChI is InChI=1S/C23H30N2O4/c1-3-4-5-8-17-11-19(26)20(16-9-6-7-15(2)10-16)22(27)21(17)23(28)25-13-18-12-24-14-29-18/h10-12,14,16,26-27H,3-9,13H2,1-2H3,(H,25,28). The predicted octanol–water partition coefficient (Wildman–Crippen LogP) is 4.96. The zero-order chi connectivity index (χ0) is 20.8. The molecule has 29 heavy (non-hydrogen) atoms. The van der Waals surface area contributed by atoms with Crippen LogP contribution in [0.25, 0.3) is 0 Å². The molecular formula is C23H30N2O4. The number of aromatic hydroxyl groups is 2. The van der Waals surface area contributed by atoms with E-state index in [1.807, 2.05) is 0 Å². The number of phenols is 2. The van der Waals surface area contributed by atoms with E-state index in [9.17, 15) is 15.0 Å².